The molecule has 2 rings (SSSR count). The number of hydrogen-bond donors (Lipinski definition) is 0. The minimum Gasteiger partial charge on any atom is -0.399 e. The maximum Gasteiger partial charge on any atom is 0.243 e. The molecule has 0 bridgehead atoms. The molecule has 1 aromatic rings. The first kappa shape index (κ1) is 18.2. The topological polar surface area (TPSA) is 59.0 Å². The molecule has 1 aliphatic rings. The van der Waals surface area contributed by atoms with Gasteiger partial charge in [-0.1, -0.05) is 44.9 Å². The predicted octanol–water partition coefficient (Wildman–Crippen LogP) is 3.45. The van der Waals surface area contributed by atoms with Crippen molar-refractivity contribution in [2.45, 2.75) is 37.1 Å². The smallest absolute Gasteiger partial charge is 0.243 e. The van der Waals surface area contributed by atoms with Gasteiger partial charge >= 0.3 is 0 Å². The minimum atomic E-state index is -3.62. The van der Waals surface area contributed by atoms with Gasteiger partial charge in [0, 0.05) is 4.48 Å². The Labute approximate surface area is 146 Å². The van der Waals surface area contributed by atoms with Crippen LogP contribution in [0.4, 0.5) is 0 Å². The second kappa shape index (κ2) is 8.08. The lowest BCUT2D eigenvalue weighted by molar-refractivity contribution is 0.213. The van der Waals surface area contributed by atoms with E-state index in [0.717, 1.165) is 29.3 Å². The molecule has 0 aromatic heterocycles. The fraction of sp³-hybridized carbons (Fsp3) is 0.438. The largest absolute Gasteiger partial charge is 0.399 e. The van der Waals surface area contributed by atoms with Crippen molar-refractivity contribution in [2.24, 2.45) is 5.16 Å². The number of allylic oxidation sites excluding steroid dienone is 1. The van der Waals surface area contributed by atoms with Crippen LogP contribution in [0.1, 0.15) is 24.8 Å². The highest BCUT2D eigenvalue weighted by Gasteiger charge is 2.33. The molecule has 1 atom stereocenters. The fourth-order valence-corrected chi connectivity index (χ4v) is 4.94. The van der Waals surface area contributed by atoms with Gasteiger partial charge in [-0.05, 0) is 38.3 Å². The normalized spacial score (nSPS) is 19.1. The van der Waals surface area contributed by atoms with Crippen LogP contribution in [0.3, 0.4) is 0 Å². The van der Waals surface area contributed by atoms with Gasteiger partial charge in [0.15, 0.2) is 0 Å². The monoisotopic (exact) mass is 400 g/mol. The zero-order valence-electron chi connectivity index (χ0n) is 13.3. The molecule has 0 amide bonds. The molecule has 1 aliphatic carbocycles. The molecule has 0 saturated heterocycles. The number of benzene rings is 1. The highest BCUT2D eigenvalue weighted by Crippen LogP contribution is 2.31. The van der Waals surface area contributed by atoms with E-state index < -0.39 is 10.0 Å². The van der Waals surface area contributed by atoms with Crippen molar-refractivity contribution in [1.82, 2.24) is 4.31 Å². The predicted molar refractivity (Wildman–Crippen MR) is 95.2 cm³/mol. The van der Waals surface area contributed by atoms with Gasteiger partial charge < -0.3 is 4.84 Å². The van der Waals surface area contributed by atoms with Crippen molar-refractivity contribution in [2.75, 3.05) is 13.7 Å². The minimum absolute atomic E-state index is 0.164. The Morgan fingerprint density at radius 2 is 2.09 bits per heavy atom. The fourth-order valence-electron chi connectivity index (χ4n) is 2.53. The summed E-state index contributed by atoms with van der Waals surface area (Å²) >= 11 is 3.52. The molecule has 0 spiro atoms. The lowest BCUT2D eigenvalue weighted by atomic mass is 10.0. The summed E-state index contributed by atoms with van der Waals surface area (Å²) in [7, 11) is -2.18. The summed E-state index contributed by atoms with van der Waals surface area (Å²) in [5.74, 6) is 0. The van der Waals surface area contributed by atoms with Gasteiger partial charge in [-0.25, -0.2) is 8.42 Å². The van der Waals surface area contributed by atoms with Crippen molar-refractivity contribution < 1.29 is 13.3 Å². The number of hydrogen-bond acceptors (Lipinski definition) is 4. The zero-order valence-corrected chi connectivity index (χ0v) is 15.7. The van der Waals surface area contributed by atoms with Crippen LogP contribution in [0, 0.1) is 6.92 Å². The van der Waals surface area contributed by atoms with Crippen LogP contribution in [-0.4, -0.2) is 38.6 Å². The van der Waals surface area contributed by atoms with E-state index in [1.807, 2.05) is 13.0 Å². The molecule has 126 valence electrons. The van der Waals surface area contributed by atoms with Crippen LogP contribution in [-0.2, 0) is 14.9 Å². The van der Waals surface area contributed by atoms with Gasteiger partial charge in [0.1, 0.15) is 7.11 Å². The summed E-state index contributed by atoms with van der Waals surface area (Å²) in [5.41, 5.74) is 1.02. The number of nitrogens with zero attached hydrogens (tertiary/aromatic N) is 2. The Bertz CT molecular complexity index is 684. The van der Waals surface area contributed by atoms with Crippen molar-refractivity contribution in [1.29, 1.82) is 0 Å². The molecule has 0 aliphatic heterocycles. The van der Waals surface area contributed by atoms with Crippen molar-refractivity contribution in [3.8, 4) is 0 Å². The molecular weight excluding hydrogens is 380 g/mol. The van der Waals surface area contributed by atoms with Crippen LogP contribution in [0.15, 0.2) is 44.9 Å². The molecule has 0 fully saturated rings. The van der Waals surface area contributed by atoms with Gasteiger partial charge in [0.05, 0.1) is 23.7 Å². The molecule has 0 heterocycles. The third-order valence-electron chi connectivity index (χ3n) is 3.76. The number of rotatable bonds is 6. The summed E-state index contributed by atoms with van der Waals surface area (Å²) < 4.78 is 28.5. The van der Waals surface area contributed by atoms with Crippen LogP contribution < -0.4 is 0 Å². The van der Waals surface area contributed by atoms with E-state index in [1.165, 1.54) is 17.6 Å². The van der Waals surface area contributed by atoms with Gasteiger partial charge in [0.2, 0.25) is 10.0 Å². The molecule has 0 saturated carbocycles. The third kappa shape index (κ3) is 4.43. The van der Waals surface area contributed by atoms with Crippen molar-refractivity contribution >= 4 is 32.2 Å². The third-order valence-corrected chi connectivity index (χ3v) is 6.50. The van der Waals surface area contributed by atoms with Gasteiger partial charge in [0.25, 0.3) is 0 Å². The molecule has 23 heavy (non-hydrogen) atoms. The van der Waals surface area contributed by atoms with Gasteiger partial charge in [-0.15, -0.1) is 0 Å². The highest BCUT2D eigenvalue weighted by molar-refractivity contribution is 9.11. The first-order valence-electron chi connectivity index (χ1n) is 7.46. The first-order chi connectivity index (χ1) is 11.0. The Balaban J connectivity index is 2.38. The standard InChI is InChI=1S/C16H21BrN2O3S/c1-13-7-9-14(10-8-13)23(20,21)19(12-11-18-22-2)16-6-4-3-5-15(16)17/h5,7-11,16H,3-4,6,12H2,1-2H3/b18-11+. The lowest BCUT2D eigenvalue weighted by Gasteiger charge is -2.31. The SMILES string of the molecule is CO/N=C/CN(C1CCCC=C1Br)S(=O)(=O)c1ccc(C)cc1. The quantitative estimate of drug-likeness (QED) is 0.542. The number of aryl methyl sites for hydroxylation is 1. The average Bonchev–Trinajstić information content (AvgIpc) is 2.53. The van der Waals surface area contributed by atoms with Crippen LogP contribution >= 0.6 is 15.9 Å². The summed E-state index contributed by atoms with van der Waals surface area (Å²) in [5, 5.41) is 3.69. The second-order valence-corrected chi connectivity index (χ2v) is 8.20. The van der Waals surface area contributed by atoms with E-state index in [9.17, 15) is 8.42 Å². The number of halogens is 1. The van der Waals surface area contributed by atoms with Crippen LogP contribution in [0.5, 0.6) is 0 Å². The Kier molecular flexibility index (Phi) is 6.38. The zero-order chi connectivity index (χ0) is 16.9. The van der Waals surface area contributed by atoms with E-state index in [1.54, 1.807) is 24.3 Å². The maximum atomic E-state index is 13.1. The molecule has 5 nitrogen and oxygen atoms in total. The molecule has 0 radical (unpaired) electrons. The number of oxime groups is 1. The summed E-state index contributed by atoms with van der Waals surface area (Å²) in [6, 6.07) is 6.69. The Morgan fingerprint density at radius 1 is 1.39 bits per heavy atom. The molecule has 7 heteroatoms. The van der Waals surface area contributed by atoms with E-state index in [4.69, 9.17) is 0 Å². The maximum absolute atomic E-state index is 13.1. The Morgan fingerprint density at radius 3 is 2.70 bits per heavy atom. The average molecular weight is 401 g/mol. The van der Waals surface area contributed by atoms with E-state index >= 15 is 0 Å². The van der Waals surface area contributed by atoms with Gasteiger partial charge in [-0.2, -0.15) is 4.31 Å². The van der Waals surface area contributed by atoms with Crippen LogP contribution in [0.2, 0.25) is 0 Å². The summed E-state index contributed by atoms with van der Waals surface area (Å²) in [6.07, 6.45) is 6.21. The first-order valence-corrected chi connectivity index (χ1v) is 9.69. The summed E-state index contributed by atoms with van der Waals surface area (Å²) in [4.78, 5) is 4.95. The van der Waals surface area contributed by atoms with E-state index in [0.29, 0.717) is 4.90 Å². The highest BCUT2D eigenvalue weighted by atomic mass is 79.9. The molecular formula is C16H21BrN2O3S. The van der Waals surface area contributed by atoms with E-state index in [-0.39, 0.29) is 12.6 Å². The molecule has 0 N–H and O–H groups in total. The second-order valence-electron chi connectivity index (χ2n) is 5.39. The van der Waals surface area contributed by atoms with Gasteiger partial charge in [-0.3, -0.25) is 0 Å². The Hall–Kier alpha value is -1.18. The lowest BCUT2D eigenvalue weighted by Crippen LogP contribution is -2.42. The van der Waals surface area contributed by atoms with E-state index in [2.05, 4.69) is 25.9 Å². The van der Waals surface area contributed by atoms with Crippen LogP contribution in [0.25, 0.3) is 0 Å². The van der Waals surface area contributed by atoms with Crippen molar-refractivity contribution in [3.63, 3.8) is 0 Å². The molecule has 1 aromatic carbocycles. The molecule has 1 unspecified atom stereocenters. The van der Waals surface area contributed by atoms with Crippen molar-refractivity contribution in [3.05, 3.63) is 40.4 Å². The number of sulfonamides is 1. The summed E-state index contributed by atoms with van der Waals surface area (Å²) in [6.45, 7) is 2.09.